The van der Waals surface area contributed by atoms with Gasteiger partial charge >= 0.3 is 0 Å². The van der Waals surface area contributed by atoms with Crippen molar-refractivity contribution < 1.29 is 19.3 Å². The number of hydrogen-bond donors (Lipinski definition) is 1. The number of benzene rings is 1. The standard InChI is InChI=1S/C16H24O4/c1-11(2)14-10-16(17,8-9-20-14)15-12(18-3)6-5-7-13(15)19-4/h5-7,11,14,17H,8-10H2,1-4H3. The number of aliphatic hydroxyl groups is 1. The van der Waals surface area contributed by atoms with E-state index in [0.717, 1.165) is 5.56 Å². The van der Waals surface area contributed by atoms with Crippen molar-refractivity contribution in [2.45, 2.75) is 38.4 Å². The molecular weight excluding hydrogens is 256 g/mol. The molecule has 20 heavy (non-hydrogen) atoms. The fraction of sp³-hybridized carbons (Fsp3) is 0.625. The summed E-state index contributed by atoms with van der Waals surface area (Å²) in [7, 11) is 3.22. The van der Waals surface area contributed by atoms with Gasteiger partial charge in [0.1, 0.15) is 17.1 Å². The molecule has 4 nitrogen and oxygen atoms in total. The molecule has 1 aliphatic heterocycles. The van der Waals surface area contributed by atoms with Crippen molar-refractivity contribution in [1.29, 1.82) is 0 Å². The predicted octanol–water partition coefficient (Wildman–Crippen LogP) is 2.73. The Morgan fingerprint density at radius 1 is 1.25 bits per heavy atom. The third-order valence-electron chi connectivity index (χ3n) is 4.02. The molecule has 0 amide bonds. The molecule has 0 aromatic heterocycles. The summed E-state index contributed by atoms with van der Waals surface area (Å²) in [6.07, 6.45) is 1.15. The molecule has 0 bridgehead atoms. The van der Waals surface area contributed by atoms with Crippen molar-refractivity contribution in [1.82, 2.24) is 0 Å². The molecular formula is C16H24O4. The van der Waals surface area contributed by atoms with Crippen LogP contribution in [0.15, 0.2) is 18.2 Å². The van der Waals surface area contributed by atoms with E-state index in [1.165, 1.54) is 0 Å². The van der Waals surface area contributed by atoms with E-state index in [4.69, 9.17) is 14.2 Å². The zero-order valence-corrected chi connectivity index (χ0v) is 12.7. The second-order valence-electron chi connectivity index (χ2n) is 5.68. The van der Waals surface area contributed by atoms with Crippen LogP contribution in [0.4, 0.5) is 0 Å². The molecule has 0 spiro atoms. The van der Waals surface area contributed by atoms with E-state index in [1.807, 2.05) is 18.2 Å². The van der Waals surface area contributed by atoms with Crippen LogP contribution in [-0.2, 0) is 10.3 Å². The molecule has 0 radical (unpaired) electrons. The normalized spacial score (nSPS) is 26.6. The molecule has 1 aliphatic rings. The predicted molar refractivity (Wildman–Crippen MR) is 77.3 cm³/mol. The number of methoxy groups -OCH3 is 2. The Labute approximate surface area is 120 Å². The third-order valence-corrected chi connectivity index (χ3v) is 4.02. The molecule has 1 heterocycles. The SMILES string of the molecule is COc1cccc(OC)c1C1(O)CCOC(C(C)C)C1. The largest absolute Gasteiger partial charge is 0.496 e. The van der Waals surface area contributed by atoms with Crippen LogP contribution >= 0.6 is 0 Å². The molecule has 2 rings (SSSR count). The Hall–Kier alpha value is -1.26. The second kappa shape index (κ2) is 6.02. The van der Waals surface area contributed by atoms with E-state index in [-0.39, 0.29) is 6.10 Å². The molecule has 1 aromatic carbocycles. The second-order valence-corrected chi connectivity index (χ2v) is 5.68. The zero-order valence-electron chi connectivity index (χ0n) is 12.7. The third kappa shape index (κ3) is 2.76. The zero-order chi connectivity index (χ0) is 14.8. The maximum absolute atomic E-state index is 11.1. The Kier molecular flexibility index (Phi) is 4.55. The van der Waals surface area contributed by atoms with Crippen LogP contribution < -0.4 is 9.47 Å². The van der Waals surface area contributed by atoms with Crippen LogP contribution in [0.5, 0.6) is 11.5 Å². The summed E-state index contributed by atoms with van der Waals surface area (Å²) < 4.78 is 16.6. The first-order valence-electron chi connectivity index (χ1n) is 7.07. The van der Waals surface area contributed by atoms with Crippen molar-refractivity contribution >= 4 is 0 Å². The van der Waals surface area contributed by atoms with Crippen molar-refractivity contribution in [3.63, 3.8) is 0 Å². The van der Waals surface area contributed by atoms with Crippen LogP contribution in [0.25, 0.3) is 0 Å². The lowest BCUT2D eigenvalue weighted by Crippen LogP contribution is -2.41. The van der Waals surface area contributed by atoms with Gasteiger partial charge < -0.3 is 19.3 Å². The molecule has 1 fully saturated rings. The Bertz CT molecular complexity index is 436. The summed E-state index contributed by atoms with van der Waals surface area (Å²) in [6.45, 7) is 4.76. The number of hydrogen-bond acceptors (Lipinski definition) is 4. The molecule has 1 N–H and O–H groups in total. The van der Waals surface area contributed by atoms with Crippen LogP contribution in [0.1, 0.15) is 32.3 Å². The maximum Gasteiger partial charge on any atom is 0.128 e. The van der Waals surface area contributed by atoms with Crippen LogP contribution in [0.2, 0.25) is 0 Å². The maximum atomic E-state index is 11.1. The average Bonchev–Trinajstić information content (AvgIpc) is 2.46. The number of rotatable bonds is 4. The summed E-state index contributed by atoms with van der Waals surface area (Å²) in [4.78, 5) is 0. The van der Waals surface area contributed by atoms with Gasteiger partial charge in [-0.3, -0.25) is 0 Å². The number of ether oxygens (including phenoxy) is 3. The summed E-state index contributed by atoms with van der Waals surface area (Å²) in [6, 6.07) is 5.58. The van der Waals surface area contributed by atoms with Gasteiger partial charge in [0, 0.05) is 12.8 Å². The lowest BCUT2D eigenvalue weighted by Gasteiger charge is -2.39. The van der Waals surface area contributed by atoms with Crippen molar-refractivity contribution in [3.05, 3.63) is 23.8 Å². The lowest BCUT2D eigenvalue weighted by atomic mass is 9.80. The average molecular weight is 280 g/mol. The summed E-state index contributed by atoms with van der Waals surface area (Å²) in [5, 5.41) is 11.1. The van der Waals surface area contributed by atoms with Gasteiger partial charge in [-0.1, -0.05) is 19.9 Å². The lowest BCUT2D eigenvalue weighted by molar-refractivity contribution is -0.122. The van der Waals surface area contributed by atoms with Gasteiger partial charge in [0.2, 0.25) is 0 Å². The quantitative estimate of drug-likeness (QED) is 0.921. The highest BCUT2D eigenvalue weighted by Gasteiger charge is 2.41. The van der Waals surface area contributed by atoms with Gasteiger partial charge in [0.25, 0.3) is 0 Å². The van der Waals surface area contributed by atoms with E-state index in [2.05, 4.69) is 13.8 Å². The van der Waals surface area contributed by atoms with E-state index in [1.54, 1.807) is 14.2 Å². The van der Waals surface area contributed by atoms with E-state index >= 15 is 0 Å². The molecule has 1 aromatic rings. The fourth-order valence-corrected chi connectivity index (χ4v) is 2.84. The van der Waals surface area contributed by atoms with Gasteiger partial charge in [-0.25, -0.2) is 0 Å². The molecule has 112 valence electrons. The van der Waals surface area contributed by atoms with Gasteiger partial charge in [-0.05, 0) is 18.1 Å². The minimum atomic E-state index is -0.967. The minimum Gasteiger partial charge on any atom is -0.496 e. The topological polar surface area (TPSA) is 47.9 Å². The van der Waals surface area contributed by atoms with E-state index in [9.17, 15) is 5.11 Å². The van der Waals surface area contributed by atoms with E-state index < -0.39 is 5.60 Å². The summed E-state index contributed by atoms with van der Waals surface area (Å²) in [5.41, 5.74) is -0.232. The first kappa shape index (κ1) is 15.1. The van der Waals surface area contributed by atoms with Crippen molar-refractivity contribution in [2.24, 2.45) is 5.92 Å². The monoisotopic (exact) mass is 280 g/mol. The van der Waals surface area contributed by atoms with E-state index in [0.29, 0.717) is 36.9 Å². The van der Waals surface area contributed by atoms with Crippen LogP contribution in [-0.4, -0.2) is 32.0 Å². The minimum absolute atomic E-state index is 0.0448. The first-order valence-corrected chi connectivity index (χ1v) is 7.07. The highest BCUT2D eigenvalue weighted by atomic mass is 16.5. The molecule has 2 unspecified atom stereocenters. The Morgan fingerprint density at radius 3 is 2.35 bits per heavy atom. The molecule has 1 saturated heterocycles. The summed E-state index contributed by atoms with van der Waals surface area (Å²) >= 11 is 0. The first-order chi connectivity index (χ1) is 9.51. The van der Waals surface area contributed by atoms with Crippen LogP contribution in [0, 0.1) is 5.92 Å². The van der Waals surface area contributed by atoms with Gasteiger partial charge in [-0.2, -0.15) is 0 Å². The highest BCUT2D eigenvalue weighted by molar-refractivity contribution is 5.49. The Balaban J connectivity index is 2.42. The fourth-order valence-electron chi connectivity index (χ4n) is 2.84. The summed E-state index contributed by atoms with van der Waals surface area (Å²) in [5.74, 6) is 1.69. The van der Waals surface area contributed by atoms with Gasteiger partial charge in [0.05, 0.1) is 32.5 Å². The molecule has 0 saturated carbocycles. The van der Waals surface area contributed by atoms with Crippen LogP contribution in [0.3, 0.4) is 0 Å². The smallest absolute Gasteiger partial charge is 0.128 e. The molecule has 0 aliphatic carbocycles. The Morgan fingerprint density at radius 2 is 1.85 bits per heavy atom. The highest BCUT2D eigenvalue weighted by Crippen LogP contribution is 2.45. The van der Waals surface area contributed by atoms with Gasteiger partial charge in [-0.15, -0.1) is 0 Å². The van der Waals surface area contributed by atoms with Crippen molar-refractivity contribution in [3.8, 4) is 11.5 Å². The molecule has 4 heteroatoms. The van der Waals surface area contributed by atoms with Gasteiger partial charge in [0.15, 0.2) is 0 Å². The van der Waals surface area contributed by atoms with Crippen molar-refractivity contribution in [2.75, 3.05) is 20.8 Å². The molecule has 2 atom stereocenters.